The lowest BCUT2D eigenvalue weighted by atomic mass is 10.1. The molecule has 106 valence electrons. The highest BCUT2D eigenvalue weighted by Gasteiger charge is 2.45. The second kappa shape index (κ2) is 6.97. The maximum atomic E-state index is 9.97. The molecule has 2 rings (SSSR count). The van der Waals surface area contributed by atoms with Crippen molar-refractivity contribution in [3.63, 3.8) is 0 Å². The number of aliphatic hydroxyl groups excluding tert-OH is 4. The van der Waals surface area contributed by atoms with Crippen LogP contribution < -0.4 is 0 Å². The molecule has 0 bridgehead atoms. The predicted molar refractivity (Wildman–Crippen MR) is 78.0 cm³/mol. The van der Waals surface area contributed by atoms with Crippen LogP contribution in [0.15, 0.2) is 30.3 Å². The highest BCUT2D eigenvalue weighted by molar-refractivity contribution is 8.17. The molecule has 0 aromatic heterocycles. The van der Waals surface area contributed by atoms with E-state index >= 15 is 0 Å². The molecule has 1 heterocycles. The summed E-state index contributed by atoms with van der Waals surface area (Å²) in [4.78, 5) is 0. The minimum atomic E-state index is -1.00. The van der Waals surface area contributed by atoms with E-state index in [0.717, 1.165) is 11.3 Å². The molecule has 0 saturated carbocycles. The quantitative estimate of drug-likeness (QED) is 0.632. The lowest BCUT2D eigenvalue weighted by molar-refractivity contribution is -0.00131. The van der Waals surface area contributed by atoms with Gasteiger partial charge in [-0.3, -0.25) is 0 Å². The smallest absolute Gasteiger partial charge is 0.102 e. The molecule has 1 aromatic rings. The highest BCUT2D eigenvalue weighted by Crippen LogP contribution is 2.43. The van der Waals surface area contributed by atoms with Gasteiger partial charge in [0.25, 0.3) is 0 Å². The molecule has 4 N–H and O–H groups in total. The number of rotatable bonds is 5. The van der Waals surface area contributed by atoms with E-state index in [1.807, 2.05) is 30.3 Å². The number of benzene rings is 1. The topological polar surface area (TPSA) is 80.9 Å². The average Bonchev–Trinajstić information content (AvgIpc) is 2.73. The van der Waals surface area contributed by atoms with Gasteiger partial charge in [-0.15, -0.1) is 23.5 Å². The zero-order valence-electron chi connectivity index (χ0n) is 10.3. The molecule has 0 spiro atoms. The Hall–Kier alpha value is -0.240. The number of hydrogen-bond donors (Lipinski definition) is 4. The summed E-state index contributed by atoms with van der Waals surface area (Å²) in [6.45, 7) is -0.405. The van der Waals surface area contributed by atoms with Crippen molar-refractivity contribution in [3.8, 4) is 0 Å². The van der Waals surface area contributed by atoms with Crippen LogP contribution in [0.1, 0.15) is 5.56 Å². The van der Waals surface area contributed by atoms with Crippen molar-refractivity contribution in [1.82, 2.24) is 0 Å². The third kappa shape index (κ3) is 3.65. The van der Waals surface area contributed by atoms with Crippen molar-refractivity contribution in [2.45, 2.75) is 33.9 Å². The van der Waals surface area contributed by atoms with Gasteiger partial charge in [-0.2, -0.15) is 0 Å². The second-order valence-corrected chi connectivity index (χ2v) is 7.25. The van der Waals surface area contributed by atoms with Crippen LogP contribution in [-0.4, -0.2) is 55.2 Å². The Labute approximate surface area is 120 Å². The Bertz CT molecular complexity index is 389. The maximum absolute atomic E-state index is 9.97. The summed E-state index contributed by atoms with van der Waals surface area (Å²) in [6, 6.07) is 9.89. The molecule has 1 aromatic carbocycles. The first-order chi connectivity index (χ1) is 9.13. The van der Waals surface area contributed by atoms with Gasteiger partial charge in [-0.25, -0.2) is 0 Å². The highest BCUT2D eigenvalue weighted by atomic mass is 32.2. The molecule has 1 aliphatic rings. The first kappa shape index (κ1) is 15.2. The van der Waals surface area contributed by atoms with Crippen molar-refractivity contribution < 1.29 is 20.4 Å². The van der Waals surface area contributed by atoms with Gasteiger partial charge in [0.05, 0.1) is 28.6 Å². The van der Waals surface area contributed by atoms with Gasteiger partial charge in [0.15, 0.2) is 0 Å². The van der Waals surface area contributed by atoms with Gasteiger partial charge in [0, 0.05) is 5.75 Å². The normalized spacial score (nSPS) is 32.4. The zero-order chi connectivity index (χ0) is 13.8. The van der Waals surface area contributed by atoms with Crippen molar-refractivity contribution in [2.24, 2.45) is 0 Å². The zero-order valence-corrected chi connectivity index (χ0v) is 11.9. The van der Waals surface area contributed by atoms with Crippen LogP contribution in [0.25, 0.3) is 0 Å². The molecule has 5 atom stereocenters. The fourth-order valence-electron chi connectivity index (χ4n) is 1.98. The monoisotopic (exact) mass is 302 g/mol. The van der Waals surface area contributed by atoms with E-state index < -0.39 is 30.2 Å². The summed E-state index contributed by atoms with van der Waals surface area (Å²) >= 11 is 2.87. The Morgan fingerprint density at radius 2 is 1.84 bits per heavy atom. The van der Waals surface area contributed by atoms with Crippen LogP contribution in [0, 0.1) is 0 Å². The first-order valence-electron chi connectivity index (χ1n) is 6.09. The van der Waals surface area contributed by atoms with E-state index in [1.54, 1.807) is 11.8 Å². The fourth-order valence-corrected chi connectivity index (χ4v) is 5.02. The third-order valence-corrected chi connectivity index (χ3v) is 6.38. The Morgan fingerprint density at radius 1 is 1.16 bits per heavy atom. The lowest BCUT2D eigenvalue weighted by Gasteiger charge is -2.18. The minimum absolute atomic E-state index is 0.193. The second-order valence-electron chi connectivity index (χ2n) is 4.50. The molecule has 0 amide bonds. The van der Waals surface area contributed by atoms with Crippen LogP contribution in [0.3, 0.4) is 0 Å². The summed E-state index contributed by atoms with van der Waals surface area (Å²) < 4.78 is -0.193. The van der Waals surface area contributed by atoms with Crippen molar-refractivity contribution in [3.05, 3.63) is 35.9 Å². The predicted octanol–water partition coefficient (Wildman–Crippen LogP) is 0.436. The molecule has 19 heavy (non-hydrogen) atoms. The van der Waals surface area contributed by atoms with Gasteiger partial charge in [0.2, 0.25) is 0 Å². The molecular weight excluding hydrogens is 284 g/mol. The summed E-state index contributed by atoms with van der Waals surface area (Å²) in [6.07, 6.45) is -2.89. The summed E-state index contributed by atoms with van der Waals surface area (Å²) in [7, 11) is 0. The molecule has 0 radical (unpaired) electrons. The number of aliphatic hydroxyl groups is 4. The van der Waals surface area contributed by atoms with Crippen LogP contribution >= 0.6 is 23.5 Å². The van der Waals surface area contributed by atoms with Crippen molar-refractivity contribution in [2.75, 3.05) is 6.61 Å². The van der Waals surface area contributed by atoms with E-state index in [1.165, 1.54) is 11.8 Å². The van der Waals surface area contributed by atoms with Gasteiger partial charge >= 0.3 is 0 Å². The van der Waals surface area contributed by atoms with Gasteiger partial charge in [-0.05, 0) is 5.56 Å². The van der Waals surface area contributed by atoms with Crippen molar-refractivity contribution in [1.29, 1.82) is 0 Å². The SMILES string of the molecule is OC[C@@H](O)[C@@H]1SC(SCc2ccccc2)[C@H](O)[C@H]1O. The Morgan fingerprint density at radius 3 is 2.47 bits per heavy atom. The third-order valence-electron chi connectivity index (χ3n) is 3.08. The first-order valence-corrected chi connectivity index (χ1v) is 8.08. The van der Waals surface area contributed by atoms with Gasteiger partial charge in [-0.1, -0.05) is 30.3 Å². The van der Waals surface area contributed by atoms with Crippen LogP contribution in [0.4, 0.5) is 0 Å². The van der Waals surface area contributed by atoms with Gasteiger partial charge in [0.1, 0.15) is 6.10 Å². The van der Waals surface area contributed by atoms with E-state index in [4.69, 9.17) is 5.11 Å². The van der Waals surface area contributed by atoms with E-state index in [9.17, 15) is 15.3 Å². The maximum Gasteiger partial charge on any atom is 0.102 e. The molecule has 1 unspecified atom stereocenters. The fraction of sp³-hybridized carbons (Fsp3) is 0.538. The molecule has 1 fully saturated rings. The molecule has 0 aliphatic carbocycles. The lowest BCUT2D eigenvalue weighted by Crippen LogP contribution is -2.39. The van der Waals surface area contributed by atoms with E-state index in [-0.39, 0.29) is 4.58 Å². The number of thioether (sulfide) groups is 2. The van der Waals surface area contributed by atoms with Crippen molar-refractivity contribution >= 4 is 23.5 Å². The van der Waals surface area contributed by atoms with E-state index in [0.29, 0.717) is 0 Å². The summed E-state index contributed by atoms with van der Waals surface area (Å²) in [5.41, 5.74) is 1.15. The Kier molecular flexibility index (Phi) is 5.56. The van der Waals surface area contributed by atoms with Gasteiger partial charge < -0.3 is 20.4 Å². The Balaban J connectivity index is 1.91. The summed E-state index contributed by atoms with van der Waals surface area (Å²) in [5, 5.41) is 37.8. The molecular formula is C13H18O4S2. The molecule has 4 nitrogen and oxygen atoms in total. The van der Waals surface area contributed by atoms with Crippen LogP contribution in [0.2, 0.25) is 0 Å². The number of hydrogen-bond acceptors (Lipinski definition) is 6. The van der Waals surface area contributed by atoms with E-state index in [2.05, 4.69) is 0 Å². The molecule has 1 aliphatic heterocycles. The van der Waals surface area contributed by atoms with Crippen LogP contribution in [0.5, 0.6) is 0 Å². The standard InChI is InChI=1S/C13H18O4S2/c14-6-9(15)12-10(16)11(17)13(19-12)18-7-8-4-2-1-3-5-8/h1-5,9-17H,6-7H2/t9-,10-,11-,12+,13?/m1/s1. The van der Waals surface area contributed by atoms with Crippen LogP contribution in [-0.2, 0) is 5.75 Å². The average molecular weight is 302 g/mol. The molecule has 6 heteroatoms. The minimum Gasteiger partial charge on any atom is -0.394 e. The summed E-state index contributed by atoms with van der Waals surface area (Å²) in [5.74, 6) is 0.740. The molecule has 1 saturated heterocycles. The largest absolute Gasteiger partial charge is 0.394 e.